The van der Waals surface area contributed by atoms with Crippen LogP contribution < -0.4 is 10.3 Å². The minimum atomic E-state index is 1.10. The Morgan fingerprint density at radius 3 is 2.71 bits per heavy atom. The molecule has 2 heteroatoms. The summed E-state index contributed by atoms with van der Waals surface area (Å²) in [5.74, 6) is 0. The highest BCUT2D eigenvalue weighted by Crippen LogP contribution is 2.10. The quantitative estimate of drug-likeness (QED) is 0.672. The van der Waals surface area contributed by atoms with Crippen LogP contribution in [0.25, 0.3) is 17.0 Å². The zero-order chi connectivity index (χ0) is 9.97. The van der Waals surface area contributed by atoms with Gasteiger partial charge in [0, 0.05) is 29.8 Å². The van der Waals surface area contributed by atoms with Crippen molar-refractivity contribution in [2.24, 2.45) is 12.8 Å². The van der Waals surface area contributed by atoms with E-state index in [1.807, 2.05) is 25.3 Å². The molecule has 0 unspecified atom stereocenters. The summed E-state index contributed by atoms with van der Waals surface area (Å²) < 4.78 is 2.12. The van der Waals surface area contributed by atoms with Gasteiger partial charge in [-0.2, -0.15) is 4.57 Å². The van der Waals surface area contributed by atoms with Gasteiger partial charge in [0.1, 0.15) is 7.05 Å². The molecule has 0 amide bonds. The maximum atomic E-state index is 5.38. The Hall–Kier alpha value is -1.83. The van der Waals surface area contributed by atoms with Crippen LogP contribution in [-0.4, -0.2) is 0 Å². The van der Waals surface area contributed by atoms with E-state index in [2.05, 4.69) is 28.8 Å². The minimum Gasteiger partial charge on any atom is -0.404 e. The number of nitrogens with two attached hydrogens (primary N) is 1. The number of benzene rings is 1. The van der Waals surface area contributed by atoms with Crippen LogP contribution in [0, 0.1) is 0 Å². The zero-order valence-electron chi connectivity index (χ0n) is 8.14. The van der Waals surface area contributed by atoms with Crippen LogP contribution in [0.3, 0.4) is 0 Å². The number of fused-ring (bicyclic) bond motifs is 1. The predicted molar refractivity (Wildman–Crippen MR) is 58.3 cm³/mol. The smallest absolute Gasteiger partial charge is 0.212 e. The van der Waals surface area contributed by atoms with E-state index < -0.39 is 0 Å². The van der Waals surface area contributed by atoms with Gasteiger partial charge in [0.15, 0.2) is 0 Å². The van der Waals surface area contributed by atoms with Crippen LogP contribution in [-0.2, 0) is 7.05 Å². The van der Waals surface area contributed by atoms with Gasteiger partial charge in [0.05, 0.1) is 0 Å². The van der Waals surface area contributed by atoms with Crippen molar-refractivity contribution < 1.29 is 4.57 Å². The lowest BCUT2D eigenvalue weighted by atomic mass is 10.2. The fourth-order valence-electron chi connectivity index (χ4n) is 1.63. The topological polar surface area (TPSA) is 29.9 Å². The van der Waals surface area contributed by atoms with Gasteiger partial charge in [-0.3, -0.25) is 0 Å². The molecule has 0 fully saturated rings. The molecular formula is C12H13N2+. The lowest BCUT2D eigenvalue weighted by molar-refractivity contribution is -0.646. The number of para-hydroxylation sites is 1. The van der Waals surface area contributed by atoms with Crippen LogP contribution in [0.4, 0.5) is 0 Å². The molecule has 0 spiro atoms. The van der Waals surface area contributed by atoms with Gasteiger partial charge in [0.2, 0.25) is 11.2 Å². The maximum Gasteiger partial charge on any atom is 0.212 e. The zero-order valence-corrected chi connectivity index (χ0v) is 8.14. The lowest BCUT2D eigenvalue weighted by Crippen LogP contribution is -2.32. The monoisotopic (exact) mass is 185 g/mol. The third-order valence-electron chi connectivity index (χ3n) is 2.39. The molecule has 0 aliphatic rings. The first-order valence-electron chi connectivity index (χ1n) is 4.59. The third-order valence-corrected chi connectivity index (χ3v) is 2.39. The van der Waals surface area contributed by atoms with Crippen molar-refractivity contribution in [3.05, 3.63) is 48.3 Å². The van der Waals surface area contributed by atoms with Crippen LogP contribution >= 0.6 is 0 Å². The largest absolute Gasteiger partial charge is 0.404 e. The van der Waals surface area contributed by atoms with Gasteiger partial charge in [0.25, 0.3) is 0 Å². The van der Waals surface area contributed by atoms with Crippen LogP contribution in [0.15, 0.2) is 42.6 Å². The van der Waals surface area contributed by atoms with Crippen molar-refractivity contribution in [1.29, 1.82) is 0 Å². The number of rotatable bonds is 1. The summed E-state index contributed by atoms with van der Waals surface area (Å²) in [5, 5.41) is 1.24. The van der Waals surface area contributed by atoms with Gasteiger partial charge >= 0.3 is 0 Å². The van der Waals surface area contributed by atoms with Crippen molar-refractivity contribution in [3.63, 3.8) is 0 Å². The first-order chi connectivity index (χ1) is 6.83. The molecule has 2 aromatic rings. The molecule has 0 radical (unpaired) electrons. The van der Waals surface area contributed by atoms with Crippen LogP contribution in [0.1, 0.15) is 5.69 Å². The Morgan fingerprint density at radius 1 is 1.14 bits per heavy atom. The van der Waals surface area contributed by atoms with E-state index in [0.717, 1.165) is 5.69 Å². The van der Waals surface area contributed by atoms with Crippen LogP contribution in [0.2, 0.25) is 0 Å². The Morgan fingerprint density at radius 2 is 1.93 bits per heavy atom. The molecule has 1 heterocycles. The fourth-order valence-corrected chi connectivity index (χ4v) is 1.63. The molecule has 14 heavy (non-hydrogen) atoms. The summed E-state index contributed by atoms with van der Waals surface area (Å²) in [4.78, 5) is 0. The van der Waals surface area contributed by atoms with Crippen molar-refractivity contribution >= 4 is 17.0 Å². The average molecular weight is 185 g/mol. The van der Waals surface area contributed by atoms with Gasteiger partial charge < -0.3 is 5.73 Å². The van der Waals surface area contributed by atoms with Gasteiger partial charge in [-0.25, -0.2) is 0 Å². The highest BCUT2D eigenvalue weighted by atomic mass is 14.9. The first kappa shape index (κ1) is 8.75. The summed E-state index contributed by atoms with van der Waals surface area (Å²) in [6, 6.07) is 12.4. The molecule has 2 rings (SSSR count). The number of hydrogen-bond donors (Lipinski definition) is 1. The van der Waals surface area contributed by atoms with Crippen LogP contribution in [0.5, 0.6) is 0 Å². The van der Waals surface area contributed by atoms with E-state index >= 15 is 0 Å². The number of aryl methyl sites for hydroxylation is 1. The summed E-state index contributed by atoms with van der Waals surface area (Å²) in [6.45, 7) is 0. The standard InChI is InChI=1S/C12H12N2/c1-14-11(8-9-13)7-6-10-4-2-3-5-12(10)14/h2-9,13H,1H3/p+1. The molecule has 2 N–H and O–H groups in total. The van der Waals surface area contributed by atoms with Gasteiger partial charge in [-0.1, -0.05) is 12.1 Å². The summed E-state index contributed by atoms with van der Waals surface area (Å²) >= 11 is 0. The Kier molecular flexibility index (Phi) is 2.19. The minimum absolute atomic E-state index is 1.10. The molecule has 2 nitrogen and oxygen atoms in total. The molecule has 0 atom stereocenters. The van der Waals surface area contributed by atoms with E-state index in [-0.39, 0.29) is 0 Å². The summed E-state index contributed by atoms with van der Waals surface area (Å²) in [5.41, 5.74) is 7.69. The first-order valence-corrected chi connectivity index (χ1v) is 4.59. The Balaban J connectivity index is 2.75. The Bertz CT molecular complexity index is 487. The second-order valence-corrected chi connectivity index (χ2v) is 3.24. The van der Waals surface area contributed by atoms with Crippen molar-refractivity contribution in [2.45, 2.75) is 0 Å². The molecule has 0 aliphatic heterocycles. The predicted octanol–water partition coefficient (Wildman–Crippen LogP) is 1.59. The fraction of sp³-hybridized carbons (Fsp3) is 0.0833. The highest BCUT2D eigenvalue weighted by Gasteiger charge is 2.07. The molecule has 1 aromatic carbocycles. The second-order valence-electron chi connectivity index (χ2n) is 3.24. The Labute approximate surface area is 83.3 Å². The van der Waals surface area contributed by atoms with Gasteiger partial charge in [-0.05, 0) is 12.1 Å². The average Bonchev–Trinajstić information content (AvgIpc) is 2.23. The highest BCUT2D eigenvalue weighted by molar-refractivity contribution is 5.75. The number of nitrogens with zero attached hydrogens (tertiary/aromatic N) is 1. The second kappa shape index (κ2) is 3.50. The molecular weight excluding hydrogens is 172 g/mol. The molecule has 70 valence electrons. The van der Waals surface area contributed by atoms with E-state index in [1.165, 1.54) is 10.9 Å². The molecule has 0 aliphatic carbocycles. The normalized spacial score (nSPS) is 11.2. The molecule has 1 aromatic heterocycles. The lowest BCUT2D eigenvalue weighted by Gasteiger charge is -1.98. The van der Waals surface area contributed by atoms with E-state index in [0.29, 0.717) is 0 Å². The summed E-state index contributed by atoms with van der Waals surface area (Å²) in [7, 11) is 2.04. The van der Waals surface area contributed by atoms with E-state index in [1.54, 1.807) is 6.20 Å². The molecule has 0 saturated heterocycles. The number of hydrogen-bond acceptors (Lipinski definition) is 1. The van der Waals surface area contributed by atoms with Crippen molar-refractivity contribution in [1.82, 2.24) is 0 Å². The molecule has 0 bridgehead atoms. The number of pyridine rings is 1. The van der Waals surface area contributed by atoms with Gasteiger partial charge in [-0.15, -0.1) is 0 Å². The van der Waals surface area contributed by atoms with E-state index in [9.17, 15) is 0 Å². The van der Waals surface area contributed by atoms with Crippen molar-refractivity contribution in [3.8, 4) is 0 Å². The molecule has 0 saturated carbocycles. The van der Waals surface area contributed by atoms with Crippen molar-refractivity contribution in [2.75, 3.05) is 0 Å². The summed E-state index contributed by atoms with van der Waals surface area (Å²) in [6.07, 6.45) is 3.45. The maximum absolute atomic E-state index is 5.38. The number of aromatic nitrogens is 1. The third kappa shape index (κ3) is 1.35. The van der Waals surface area contributed by atoms with E-state index in [4.69, 9.17) is 5.73 Å². The SMILES string of the molecule is C[n+]1c(/C=C/N)ccc2ccccc21.